The number of rotatable bonds is 4. The van der Waals surface area contributed by atoms with Gasteiger partial charge in [0.05, 0.1) is 0 Å². The predicted octanol–water partition coefficient (Wildman–Crippen LogP) is 1.31. The molecule has 0 radical (unpaired) electrons. The largest absolute Gasteiger partial charge is 0.330 e. The average molecular weight is 213 g/mol. The molecule has 0 aliphatic carbocycles. The number of Topliss-reactive ketones (excluding diaryl/α,β-unsaturated/α-hetero) is 1. The Kier molecular flexibility index (Phi) is 3.62. The number of aldehydes is 1. The molecule has 1 aromatic carbocycles. The number of hydrogen-bond acceptors (Lipinski definition) is 3. The maximum absolute atomic E-state index is 12.8. The third-order valence-electron chi connectivity index (χ3n) is 1.89. The molecule has 0 saturated carbocycles. The number of nitrogens with two attached hydrogens (primary N) is 1. The molecule has 80 valence electrons. The molecule has 0 fully saturated rings. The fourth-order valence-corrected chi connectivity index (χ4v) is 1.17. The van der Waals surface area contributed by atoms with E-state index in [0.29, 0.717) is 12.4 Å². The normalized spacial score (nSPS) is 10.1. The van der Waals surface area contributed by atoms with Crippen molar-refractivity contribution in [2.45, 2.75) is 6.42 Å². The van der Waals surface area contributed by atoms with E-state index in [2.05, 4.69) is 0 Å². The minimum Gasteiger partial charge on any atom is -0.330 e. The highest BCUT2D eigenvalue weighted by atomic mass is 19.2. The topological polar surface area (TPSA) is 60.2 Å². The van der Waals surface area contributed by atoms with Crippen molar-refractivity contribution in [3.8, 4) is 0 Å². The smallest absolute Gasteiger partial charge is 0.164 e. The Morgan fingerprint density at radius 2 is 1.93 bits per heavy atom. The van der Waals surface area contributed by atoms with E-state index in [1.165, 1.54) is 0 Å². The van der Waals surface area contributed by atoms with Gasteiger partial charge in [-0.05, 0) is 18.7 Å². The van der Waals surface area contributed by atoms with Crippen molar-refractivity contribution in [2.75, 3.05) is 6.54 Å². The molecule has 15 heavy (non-hydrogen) atoms. The second-order valence-electron chi connectivity index (χ2n) is 2.93. The van der Waals surface area contributed by atoms with Crippen molar-refractivity contribution < 1.29 is 18.4 Å². The molecule has 0 amide bonds. The van der Waals surface area contributed by atoms with Gasteiger partial charge in [0.2, 0.25) is 0 Å². The van der Waals surface area contributed by atoms with Gasteiger partial charge in [-0.15, -0.1) is 0 Å². The van der Waals surface area contributed by atoms with Crippen molar-refractivity contribution in [3.63, 3.8) is 0 Å². The minimum absolute atomic E-state index is 0.00802. The van der Waals surface area contributed by atoms with E-state index < -0.39 is 17.4 Å². The number of carbonyl (C=O) groups excluding carboxylic acids is 2. The van der Waals surface area contributed by atoms with Crippen LogP contribution in [0, 0.1) is 11.6 Å². The van der Waals surface area contributed by atoms with E-state index in [4.69, 9.17) is 5.73 Å². The summed E-state index contributed by atoms with van der Waals surface area (Å²) in [5.41, 5.74) is 4.86. The van der Waals surface area contributed by atoms with Crippen LogP contribution in [0.2, 0.25) is 0 Å². The quantitative estimate of drug-likeness (QED) is 0.606. The summed E-state index contributed by atoms with van der Waals surface area (Å²) in [7, 11) is 0. The van der Waals surface area contributed by atoms with Crippen LogP contribution >= 0.6 is 0 Å². The van der Waals surface area contributed by atoms with Gasteiger partial charge in [0.1, 0.15) is 0 Å². The predicted molar refractivity (Wildman–Crippen MR) is 49.7 cm³/mol. The molecule has 0 spiro atoms. The summed E-state index contributed by atoms with van der Waals surface area (Å²) >= 11 is 0. The molecule has 0 bridgehead atoms. The van der Waals surface area contributed by atoms with E-state index in [0.717, 1.165) is 6.07 Å². The zero-order valence-corrected chi connectivity index (χ0v) is 7.80. The van der Waals surface area contributed by atoms with Gasteiger partial charge >= 0.3 is 0 Å². The molecule has 5 heteroatoms. The first kappa shape index (κ1) is 11.5. The van der Waals surface area contributed by atoms with E-state index in [-0.39, 0.29) is 24.1 Å². The van der Waals surface area contributed by atoms with Crippen LogP contribution < -0.4 is 5.73 Å². The molecule has 2 N–H and O–H groups in total. The Morgan fingerprint density at radius 3 is 2.47 bits per heavy atom. The van der Waals surface area contributed by atoms with Crippen LogP contribution in [0.5, 0.6) is 0 Å². The van der Waals surface area contributed by atoms with Gasteiger partial charge in [0, 0.05) is 17.5 Å². The molecule has 3 nitrogen and oxygen atoms in total. The van der Waals surface area contributed by atoms with Crippen molar-refractivity contribution in [3.05, 3.63) is 34.9 Å². The first-order valence-corrected chi connectivity index (χ1v) is 4.27. The molecule has 0 unspecified atom stereocenters. The Bertz CT molecular complexity index is 405. The van der Waals surface area contributed by atoms with Gasteiger partial charge in [-0.3, -0.25) is 9.59 Å². The van der Waals surface area contributed by atoms with Gasteiger partial charge < -0.3 is 5.73 Å². The Labute approximate surface area is 84.9 Å². The highest BCUT2D eigenvalue weighted by molar-refractivity contribution is 6.02. The second-order valence-corrected chi connectivity index (χ2v) is 2.93. The van der Waals surface area contributed by atoms with Crippen LogP contribution in [-0.4, -0.2) is 18.6 Å². The number of benzene rings is 1. The standard InChI is InChI=1S/C10H9F2NO2/c11-8-3-6(5-14)7(4-9(8)12)10(15)1-2-13/h3-5H,1-2,13H2. The molecular formula is C10H9F2NO2. The maximum atomic E-state index is 12.8. The van der Waals surface area contributed by atoms with Crippen LogP contribution in [0.1, 0.15) is 27.1 Å². The molecule has 0 atom stereocenters. The third-order valence-corrected chi connectivity index (χ3v) is 1.89. The first-order valence-electron chi connectivity index (χ1n) is 4.27. The lowest BCUT2D eigenvalue weighted by Crippen LogP contribution is -2.11. The van der Waals surface area contributed by atoms with Crippen LogP contribution in [0.4, 0.5) is 8.78 Å². The Hall–Kier alpha value is -1.62. The molecule has 0 heterocycles. The summed E-state index contributed by atoms with van der Waals surface area (Å²) in [5.74, 6) is -2.78. The average Bonchev–Trinajstić information content (AvgIpc) is 2.21. The van der Waals surface area contributed by atoms with Crippen LogP contribution in [-0.2, 0) is 0 Å². The number of halogens is 2. The van der Waals surface area contributed by atoms with Crippen LogP contribution in [0.3, 0.4) is 0 Å². The van der Waals surface area contributed by atoms with Gasteiger partial charge in [0.15, 0.2) is 23.7 Å². The van der Waals surface area contributed by atoms with Gasteiger partial charge in [-0.2, -0.15) is 0 Å². The zero-order valence-electron chi connectivity index (χ0n) is 7.80. The lowest BCUT2D eigenvalue weighted by atomic mass is 10.0. The number of ketones is 1. The molecule has 0 aromatic heterocycles. The molecule has 0 aliphatic heterocycles. The van der Waals surface area contributed by atoms with Gasteiger partial charge in [0.25, 0.3) is 0 Å². The highest BCUT2D eigenvalue weighted by Gasteiger charge is 2.14. The number of carbonyl (C=O) groups is 2. The van der Waals surface area contributed by atoms with E-state index in [1.807, 2.05) is 0 Å². The summed E-state index contributed by atoms with van der Waals surface area (Å²) in [6, 6.07) is 1.42. The molecule has 1 aromatic rings. The highest BCUT2D eigenvalue weighted by Crippen LogP contribution is 2.15. The molecule has 1 rings (SSSR count). The molecular weight excluding hydrogens is 204 g/mol. The summed E-state index contributed by atoms with van der Waals surface area (Å²) < 4.78 is 25.5. The fourth-order valence-electron chi connectivity index (χ4n) is 1.17. The SMILES string of the molecule is NCCC(=O)c1cc(F)c(F)cc1C=O. The summed E-state index contributed by atoms with van der Waals surface area (Å²) in [5, 5.41) is 0. The molecule has 0 aliphatic rings. The lowest BCUT2D eigenvalue weighted by molar-refractivity contribution is 0.0978. The lowest BCUT2D eigenvalue weighted by Gasteiger charge is -2.03. The maximum Gasteiger partial charge on any atom is 0.164 e. The zero-order chi connectivity index (χ0) is 11.4. The van der Waals surface area contributed by atoms with E-state index >= 15 is 0 Å². The van der Waals surface area contributed by atoms with Crippen molar-refractivity contribution in [2.24, 2.45) is 5.73 Å². The monoisotopic (exact) mass is 213 g/mol. The number of hydrogen-bond donors (Lipinski definition) is 1. The van der Waals surface area contributed by atoms with Gasteiger partial charge in [-0.1, -0.05) is 0 Å². The van der Waals surface area contributed by atoms with Crippen LogP contribution in [0.15, 0.2) is 12.1 Å². The Morgan fingerprint density at radius 1 is 1.33 bits per heavy atom. The minimum atomic E-state index is -1.15. The summed E-state index contributed by atoms with van der Waals surface area (Å²) in [4.78, 5) is 21.9. The van der Waals surface area contributed by atoms with Gasteiger partial charge in [-0.25, -0.2) is 8.78 Å². The molecule has 0 saturated heterocycles. The summed E-state index contributed by atoms with van der Waals surface area (Å²) in [6.45, 7) is 0.0934. The first-order chi connectivity index (χ1) is 7.10. The van der Waals surface area contributed by atoms with Crippen molar-refractivity contribution in [1.29, 1.82) is 0 Å². The second kappa shape index (κ2) is 4.75. The Balaban J connectivity index is 3.21. The fraction of sp³-hybridized carbons (Fsp3) is 0.200. The third kappa shape index (κ3) is 2.44. The van der Waals surface area contributed by atoms with Crippen LogP contribution in [0.25, 0.3) is 0 Å². The van der Waals surface area contributed by atoms with E-state index in [1.54, 1.807) is 0 Å². The van der Waals surface area contributed by atoms with E-state index in [9.17, 15) is 18.4 Å². The summed E-state index contributed by atoms with van der Waals surface area (Å²) in [6.07, 6.45) is 0.304. The van der Waals surface area contributed by atoms with Crippen molar-refractivity contribution in [1.82, 2.24) is 0 Å². The van der Waals surface area contributed by atoms with Crippen molar-refractivity contribution >= 4 is 12.1 Å².